The average Bonchev–Trinajstić information content (AvgIpc) is 2.35. The zero-order chi connectivity index (χ0) is 13.3. The molecule has 5 heteroatoms. The molecule has 5 nitrogen and oxygen atoms in total. The average molecular weight is 243 g/mol. The van der Waals surface area contributed by atoms with E-state index in [1.165, 1.54) is 7.11 Å². The number of carbonyl (C=O) groups excluding carboxylic acids is 1. The Balaban J connectivity index is 4.10. The smallest absolute Gasteiger partial charge is 0.310 e. The van der Waals surface area contributed by atoms with E-state index < -0.39 is 0 Å². The number of aliphatic imine (C=N–C) groups is 1. The van der Waals surface area contributed by atoms with Crippen molar-refractivity contribution in [2.45, 2.75) is 26.7 Å². The monoisotopic (exact) mass is 243 g/mol. The molecule has 0 aromatic carbocycles. The first-order chi connectivity index (χ1) is 8.06. The standard InChI is InChI=1S/C12H25N3O2/c1-6-7-8-15(4)12(13-3)14-9-10(2)11(16)17-5/h10H,6-9H2,1-5H3,(H,13,14). The Morgan fingerprint density at radius 1 is 1.53 bits per heavy atom. The first-order valence-corrected chi connectivity index (χ1v) is 6.06. The van der Waals surface area contributed by atoms with Crippen molar-refractivity contribution in [3.05, 3.63) is 0 Å². The number of hydrogen-bond acceptors (Lipinski definition) is 3. The molecule has 0 spiro atoms. The van der Waals surface area contributed by atoms with Crippen LogP contribution in [-0.2, 0) is 9.53 Å². The van der Waals surface area contributed by atoms with Crippen LogP contribution >= 0.6 is 0 Å². The lowest BCUT2D eigenvalue weighted by Gasteiger charge is -2.22. The zero-order valence-electron chi connectivity index (χ0n) is 11.6. The third-order valence-corrected chi connectivity index (χ3v) is 2.59. The van der Waals surface area contributed by atoms with Crippen molar-refractivity contribution >= 4 is 11.9 Å². The molecule has 0 heterocycles. The number of methoxy groups -OCH3 is 1. The Kier molecular flexibility index (Phi) is 8.19. The van der Waals surface area contributed by atoms with Gasteiger partial charge in [0.05, 0.1) is 13.0 Å². The summed E-state index contributed by atoms with van der Waals surface area (Å²) in [6.07, 6.45) is 2.28. The van der Waals surface area contributed by atoms with Crippen molar-refractivity contribution in [1.82, 2.24) is 10.2 Å². The van der Waals surface area contributed by atoms with Gasteiger partial charge in [0.25, 0.3) is 0 Å². The highest BCUT2D eigenvalue weighted by molar-refractivity contribution is 5.80. The molecule has 0 rings (SSSR count). The maximum atomic E-state index is 11.2. The Labute approximate surface area is 104 Å². The van der Waals surface area contributed by atoms with E-state index in [-0.39, 0.29) is 11.9 Å². The Morgan fingerprint density at radius 3 is 2.65 bits per heavy atom. The second-order valence-electron chi connectivity index (χ2n) is 4.13. The molecule has 0 amide bonds. The molecule has 0 fully saturated rings. The van der Waals surface area contributed by atoms with Gasteiger partial charge in [-0.15, -0.1) is 0 Å². The van der Waals surface area contributed by atoms with Crippen LogP contribution in [0.2, 0.25) is 0 Å². The zero-order valence-corrected chi connectivity index (χ0v) is 11.6. The van der Waals surface area contributed by atoms with Crippen molar-refractivity contribution in [1.29, 1.82) is 0 Å². The van der Waals surface area contributed by atoms with Crippen LogP contribution in [0.15, 0.2) is 4.99 Å². The first-order valence-electron chi connectivity index (χ1n) is 6.06. The summed E-state index contributed by atoms with van der Waals surface area (Å²) in [6, 6.07) is 0. The van der Waals surface area contributed by atoms with Gasteiger partial charge in [-0.2, -0.15) is 0 Å². The van der Waals surface area contributed by atoms with Gasteiger partial charge in [0.15, 0.2) is 5.96 Å². The highest BCUT2D eigenvalue weighted by Crippen LogP contribution is 1.97. The highest BCUT2D eigenvalue weighted by atomic mass is 16.5. The molecule has 17 heavy (non-hydrogen) atoms. The van der Waals surface area contributed by atoms with Gasteiger partial charge in [-0.3, -0.25) is 9.79 Å². The van der Waals surface area contributed by atoms with Crippen LogP contribution in [0, 0.1) is 5.92 Å². The van der Waals surface area contributed by atoms with Crippen LogP contribution in [0.4, 0.5) is 0 Å². The molecule has 1 unspecified atom stereocenters. The summed E-state index contributed by atoms with van der Waals surface area (Å²) in [5.41, 5.74) is 0. The normalized spacial score (nSPS) is 13.1. The van der Waals surface area contributed by atoms with Crippen molar-refractivity contribution in [2.24, 2.45) is 10.9 Å². The van der Waals surface area contributed by atoms with Crippen LogP contribution < -0.4 is 5.32 Å². The van der Waals surface area contributed by atoms with Crippen LogP contribution in [0.3, 0.4) is 0 Å². The van der Waals surface area contributed by atoms with E-state index in [9.17, 15) is 4.79 Å². The van der Waals surface area contributed by atoms with Gasteiger partial charge in [-0.05, 0) is 6.42 Å². The molecule has 100 valence electrons. The lowest BCUT2D eigenvalue weighted by Crippen LogP contribution is -2.42. The summed E-state index contributed by atoms with van der Waals surface area (Å²) in [5.74, 6) is 0.440. The Bertz CT molecular complexity index is 254. The number of rotatable bonds is 6. The van der Waals surface area contributed by atoms with Gasteiger partial charge >= 0.3 is 5.97 Å². The number of nitrogens with zero attached hydrogens (tertiary/aromatic N) is 2. The van der Waals surface area contributed by atoms with Crippen LogP contribution in [0.5, 0.6) is 0 Å². The second-order valence-corrected chi connectivity index (χ2v) is 4.13. The van der Waals surface area contributed by atoms with Gasteiger partial charge in [0.1, 0.15) is 0 Å². The molecular weight excluding hydrogens is 218 g/mol. The quantitative estimate of drug-likeness (QED) is 0.431. The Morgan fingerprint density at radius 2 is 2.18 bits per heavy atom. The topological polar surface area (TPSA) is 53.9 Å². The molecule has 1 atom stereocenters. The fourth-order valence-electron chi connectivity index (χ4n) is 1.41. The first kappa shape index (κ1) is 15.7. The van der Waals surface area contributed by atoms with E-state index in [2.05, 4.69) is 26.9 Å². The molecule has 0 aliphatic rings. The maximum absolute atomic E-state index is 11.2. The van der Waals surface area contributed by atoms with Gasteiger partial charge in [0.2, 0.25) is 0 Å². The second kappa shape index (κ2) is 8.84. The Hall–Kier alpha value is -1.26. The van der Waals surface area contributed by atoms with Gasteiger partial charge in [0, 0.05) is 27.2 Å². The van der Waals surface area contributed by atoms with E-state index in [1.807, 2.05) is 14.0 Å². The number of ether oxygens (including phenoxy) is 1. The number of guanidine groups is 1. The summed E-state index contributed by atoms with van der Waals surface area (Å²) in [7, 11) is 5.14. The molecule has 1 N–H and O–H groups in total. The molecule has 0 saturated heterocycles. The third-order valence-electron chi connectivity index (χ3n) is 2.59. The maximum Gasteiger partial charge on any atom is 0.310 e. The predicted octanol–water partition coefficient (Wildman–Crippen LogP) is 1.10. The lowest BCUT2D eigenvalue weighted by atomic mass is 10.2. The molecule has 0 radical (unpaired) electrons. The van der Waals surface area contributed by atoms with Crippen LogP contribution in [0.25, 0.3) is 0 Å². The van der Waals surface area contributed by atoms with Gasteiger partial charge < -0.3 is 15.0 Å². The van der Waals surface area contributed by atoms with Crippen molar-refractivity contribution in [2.75, 3.05) is 34.3 Å². The van der Waals surface area contributed by atoms with E-state index in [0.29, 0.717) is 6.54 Å². The lowest BCUT2D eigenvalue weighted by molar-refractivity contribution is -0.144. The fraction of sp³-hybridized carbons (Fsp3) is 0.833. The molecule has 0 aliphatic carbocycles. The molecule has 0 aromatic rings. The number of hydrogen-bond donors (Lipinski definition) is 1. The predicted molar refractivity (Wildman–Crippen MR) is 70.1 cm³/mol. The van der Waals surface area contributed by atoms with Gasteiger partial charge in [-0.25, -0.2) is 0 Å². The fourth-order valence-corrected chi connectivity index (χ4v) is 1.41. The summed E-state index contributed by atoms with van der Waals surface area (Å²) >= 11 is 0. The van der Waals surface area contributed by atoms with Crippen molar-refractivity contribution in [3.63, 3.8) is 0 Å². The van der Waals surface area contributed by atoms with Gasteiger partial charge in [-0.1, -0.05) is 20.3 Å². The summed E-state index contributed by atoms with van der Waals surface area (Å²) in [5, 5.41) is 3.17. The highest BCUT2D eigenvalue weighted by Gasteiger charge is 2.14. The third kappa shape index (κ3) is 6.14. The number of esters is 1. The molecule has 0 saturated carbocycles. The SMILES string of the molecule is CCCCN(C)C(=NC)NCC(C)C(=O)OC. The number of carbonyl (C=O) groups is 1. The molecule has 0 bridgehead atoms. The van der Waals surface area contributed by atoms with E-state index in [4.69, 9.17) is 0 Å². The van der Waals surface area contributed by atoms with E-state index >= 15 is 0 Å². The summed E-state index contributed by atoms with van der Waals surface area (Å²) < 4.78 is 4.67. The summed E-state index contributed by atoms with van der Waals surface area (Å²) in [6.45, 7) is 5.49. The molecule has 0 aliphatic heterocycles. The van der Waals surface area contributed by atoms with Crippen LogP contribution in [-0.4, -0.2) is 51.1 Å². The largest absolute Gasteiger partial charge is 0.469 e. The van der Waals surface area contributed by atoms with Crippen LogP contribution in [0.1, 0.15) is 26.7 Å². The van der Waals surface area contributed by atoms with E-state index in [1.54, 1.807) is 7.05 Å². The summed E-state index contributed by atoms with van der Waals surface area (Å²) in [4.78, 5) is 17.5. The molecule has 0 aromatic heterocycles. The number of nitrogens with one attached hydrogen (secondary N) is 1. The minimum absolute atomic E-state index is 0.170. The van der Waals surface area contributed by atoms with Crippen molar-refractivity contribution < 1.29 is 9.53 Å². The van der Waals surface area contributed by atoms with E-state index in [0.717, 1.165) is 25.3 Å². The van der Waals surface area contributed by atoms with Crippen molar-refractivity contribution in [3.8, 4) is 0 Å². The molecular formula is C12H25N3O2. The minimum Gasteiger partial charge on any atom is -0.469 e. The number of unbranched alkanes of at least 4 members (excludes halogenated alkanes) is 1. The minimum atomic E-state index is -0.204.